The fourth-order valence-corrected chi connectivity index (χ4v) is 4.61. The number of benzene rings is 3. The summed E-state index contributed by atoms with van der Waals surface area (Å²) in [5, 5.41) is 10.0. The first-order valence-corrected chi connectivity index (χ1v) is 12.6. The van der Waals surface area contributed by atoms with E-state index in [0.717, 1.165) is 12.1 Å². The first kappa shape index (κ1) is 26.7. The van der Waals surface area contributed by atoms with Gasteiger partial charge in [-0.25, -0.2) is 9.97 Å². The average molecular weight is 544 g/mol. The van der Waals surface area contributed by atoms with Gasteiger partial charge in [-0.15, -0.1) is 0 Å². The molecule has 7 nitrogen and oxygen atoms in total. The van der Waals surface area contributed by atoms with E-state index in [1.54, 1.807) is 59.3 Å². The Labute approximate surface area is 227 Å². The molecule has 0 amide bonds. The molecule has 0 aliphatic carbocycles. The van der Waals surface area contributed by atoms with Crippen LogP contribution in [0.25, 0.3) is 16.6 Å². The molecular weight excluding hydrogens is 519 g/mol. The van der Waals surface area contributed by atoms with E-state index in [1.807, 2.05) is 19.9 Å². The van der Waals surface area contributed by atoms with Crippen LogP contribution in [-0.4, -0.2) is 25.7 Å². The lowest BCUT2D eigenvalue weighted by Gasteiger charge is -2.21. The van der Waals surface area contributed by atoms with Gasteiger partial charge in [0.15, 0.2) is 5.69 Å². The van der Waals surface area contributed by atoms with E-state index in [1.165, 1.54) is 16.7 Å². The Morgan fingerprint density at radius 2 is 1.70 bits per heavy atom. The number of hydrogen-bond acceptors (Lipinski definition) is 5. The van der Waals surface area contributed by atoms with Gasteiger partial charge in [0, 0.05) is 12.6 Å². The number of imidazole rings is 1. The fourth-order valence-electron chi connectivity index (χ4n) is 4.61. The second-order valence-corrected chi connectivity index (χ2v) is 9.16. The summed E-state index contributed by atoms with van der Waals surface area (Å²) >= 11 is 0. The largest absolute Gasteiger partial charge is 0.494 e. The number of aromatic nitrogens is 4. The summed E-state index contributed by atoms with van der Waals surface area (Å²) in [6.45, 7) is 4.22. The van der Waals surface area contributed by atoms with Gasteiger partial charge in [-0.3, -0.25) is 9.36 Å². The van der Waals surface area contributed by atoms with Gasteiger partial charge < -0.3 is 9.30 Å². The lowest BCUT2D eigenvalue weighted by Crippen LogP contribution is -2.27. The molecule has 10 heteroatoms. The van der Waals surface area contributed by atoms with Crippen LogP contribution >= 0.6 is 0 Å². The van der Waals surface area contributed by atoms with E-state index in [2.05, 4.69) is 4.98 Å². The van der Waals surface area contributed by atoms with Crippen LogP contribution in [0.15, 0.2) is 83.8 Å². The Bertz CT molecular complexity index is 1770. The standard InChI is InChI=1S/C30H24F3N5O2/c1-3-40-24-14-12-23(13-15-24)38-28(36-26-7-5-4-6-25(26)29(38)39)19(2)37-18-22(17-34)35-27(37)16-20-8-10-21(11-9-20)30(31,32)33/h4-15,18-19H,3,16H2,1-2H3. The van der Waals surface area contributed by atoms with Crippen molar-refractivity contribution < 1.29 is 17.9 Å². The first-order valence-electron chi connectivity index (χ1n) is 12.6. The maximum Gasteiger partial charge on any atom is 0.416 e. The SMILES string of the molecule is CCOc1ccc(-n2c(C(C)n3cc(C#N)nc3Cc3ccc(C(F)(F)F)cc3)nc3ccccc3c2=O)cc1. The van der Waals surface area contributed by atoms with Crippen LogP contribution in [-0.2, 0) is 12.6 Å². The number of nitrogens with zero attached hydrogens (tertiary/aromatic N) is 5. The van der Waals surface area contributed by atoms with E-state index < -0.39 is 17.8 Å². The Hall–Kier alpha value is -4.91. The molecule has 3 aromatic carbocycles. The van der Waals surface area contributed by atoms with Gasteiger partial charge in [0.1, 0.15) is 23.5 Å². The lowest BCUT2D eigenvalue weighted by atomic mass is 10.1. The molecule has 1 atom stereocenters. The predicted molar refractivity (Wildman–Crippen MR) is 144 cm³/mol. The maximum atomic E-state index is 13.8. The number of ether oxygens (including phenoxy) is 1. The third kappa shape index (κ3) is 5.18. The van der Waals surface area contributed by atoms with Gasteiger partial charge in [-0.1, -0.05) is 24.3 Å². The second-order valence-electron chi connectivity index (χ2n) is 9.16. The van der Waals surface area contributed by atoms with Gasteiger partial charge in [-0.05, 0) is 67.9 Å². The van der Waals surface area contributed by atoms with E-state index in [9.17, 15) is 23.2 Å². The molecule has 40 heavy (non-hydrogen) atoms. The van der Waals surface area contributed by atoms with Crippen LogP contribution in [0.4, 0.5) is 13.2 Å². The number of fused-ring (bicyclic) bond motifs is 1. The molecule has 0 spiro atoms. The lowest BCUT2D eigenvalue weighted by molar-refractivity contribution is -0.137. The highest BCUT2D eigenvalue weighted by atomic mass is 19.4. The highest BCUT2D eigenvalue weighted by Gasteiger charge is 2.30. The molecule has 0 bridgehead atoms. The number of alkyl halides is 3. The first-order chi connectivity index (χ1) is 19.2. The minimum absolute atomic E-state index is 0.143. The number of halogens is 3. The molecule has 0 saturated heterocycles. The van der Waals surface area contributed by atoms with Crippen molar-refractivity contribution in [2.24, 2.45) is 0 Å². The molecule has 1 unspecified atom stereocenters. The summed E-state index contributed by atoms with van der Waals surface area (Å²) in [5.74, 6) is 1.52. The second kappa shape index (κ2) is 10.7. The molecule has 5 rings (SSSR count). The molecule has 0 saturated carbocycles. The molecule has 0 aliphatic rings. The van der Waals surface area contributed by atoms with E-state index in [-0.39, 0.29) is 17.7 Å². The van der Waals surface area contributed by atoms with Crippen LogP contribution in [0, 0.1) is 11.3 Å². The summed E-state index contributed by atoms with van der Waals surface area (Å²) < 4.78 is 47.9. The molecule has 5 aromatic rings. The third-order valence-electron chi connectivity index (χ3n) is 6.57. The molecule has 0 N–H and O–H groups in total. The van der Waals surface area contributed by atoms with Gasteiger partial charge >= 0.3 is 6.18 Å². The number of rotatable bonds is 7. The number of hydrogen-bond donors (Lipinski definition) is 0. The van der Waals surface area contributed by atoms with Crippen molar-refractivity contribution in [2.75, 3.05) is 6.61 Å². The summed E-state index contributed by atoms with van der Waals surface area (Å²) in [4.78, 5) is 23.0. The van der Waals surface area contributed by atoms with Gasteiger partial charge in [0.2, 0.25) is 0 Å². The molecule has 0 fully saturated rings. The Balaban J connectivity index is 1.62. The Kier molecular flexibility index (Phi) is 7.13. The molecule has 202 valence electrons. The molecular formula is C30H24F3N5O2. The zero-order valence-electron chi connectivity index (χ0n) is 21.7. The normalized spacial score (nSPS) is 12.3. The smallest absolute Gasteiger partial charge is 0.416 e. The zero-order valence-corrected chi connectivity index (χ0v) is 21.7. The van der Waals surface area contributed by atoms with Crippen molar-refractivity contribution in [3.05, 3.63) is 118 Å². The van der Waals surface area contributed by atoms with Crippen LogP contribution in [0.1, 0.15) is 48.4 Å². The van der Waals surface area contributed by atoms with Crippen molar-refractivity contribution in [1.29, 1.82) is 5.26 Å². The van der Waals surface area contributed by atoms with Crippen molar-refractivity contribution >= 4 is 10.9 Å². The molecule has 0 radical (unpaired) electrons. The number of nitriles is 1. The van der Waals surface area contributed by atoms with E-state index in [0.29, 0.717) is 46.2 Å². The third-order valence-corrected chi connectivity index (χ3v) is 6.57. The maximum absolute atomic E-state index is 13.8. The Morgan fingerprint density at radius 3 is 2.35 bits per heavy atom. The minimum atomic E-state index is -4.44. The van der Waals surface area contributed by atoms with Gasteiger partial charge in [-0.2, -0.15) is 18.4 Å². The minimum Gasteiger partial charge on any atom is -0.494 e. The summed E-state index contributed by atoms with van der Waals surface area (Å²) in [7, 11) is 0. The molecule has 0 aliphatic heterocycles. The molecule has 2 aromatic heterocycles. The van der Waals surface area contributed by atoms with Crippen molar-refractivity contribution in [3.8, 4) is 17.5 Å². The van der Waals surface area contributed by atoms with Crippen LogP contribution in [0.5, 0.6) is 5.75 Å². The summed E-state index contributed by atoms with van der Waals surface area (Å²) in [6, 6.07) is 20.4. The molecule has 2 heterocycles. The quantitative estimate of drug-likeness (QED) is 0.249. The monoisotopic (exact) mass is 543 g/mol. The number of para-hydroxylation sites is 1. The van der Waals surface area contributed by atoms with Crippen molar-refractivity contribution in [1.82, 2.24) is 19.1 Å². The van der Waals surface area contributed by atoms with Crippen LogP contribution in [0.3, 0.4) is 0 Å². The van der Waals surface area contributed by atoms with Crippen LogP contribution in [0.2, 0.25) is 0 Å². The highest BCUT2D eigenvalue weighted by molar-refractivity contribution is 5.78. The van der Waals surface area contributed by atoms with Crippen LogP contribution < -0.4 is 10.3 Å². The van der Waals surface area contributed by atoms with Crippen molar-refractivity contribution in [3.63, 3.8) is 0 Å². The zero-order chi connectivity index (χ0) is 28.4. The summed E-state index contributed by atoms with van der Waals surface area (Å²) in [6.07, 6.45) is -2.70. The summed E-state index contributed by atoms with van der Waals surface area (Å²) in [5.41, 5.74) is 0.822. The topological polar surface area (TPSA) is 85.7 Å². The van der Waals surface area contributed by atoms with E-state index in [4.69, 9.17) is 9.72 Å². The van der Waals surface area contributed by atoms with Gasteiger partial charge in [0.05, 0.1) is 34.8 Å². The average Bonchev–Trinajstić information content (AvgIpc) is 3.36. The predicted octanol–water partition coefficient (Wildman–Crippen LogP) is 6.07. The van der Waals surface area contributed by atoms with E-state index >= 15 is 0 Å². The van der Waals surface area contributed by atoms with Crippen molar-refractivity contribution in [2.45, 2.75) is 32.5 Å². The fraction of sp³-hybridized carbons (Fsp3) is 0.200. The highest BCUT2D eigenvalue weighted by Crippen LogP contribution is 2.30. The van der Waals surface area contributed by atoms with Gasteiger partial charge in [0.25, 0.3) is 5.56 Å². The Morgan fingerprint density at radius 1 is 1.00 bits per heavy atom.